The number of rotatable bonds is 6. The van der Waals surface area contributed by atoms with E-state index in [0.717, 1.165) is 17.4 Å². The molecule has 0 atom stereocenters. The van der Waals surface area contributed by atoms with Gasteiger partial charge in [0.25, 0.3) is 5.91 Å². The van der Waals surface area contributed by atoms with Crippen molar-refractivity contribution in [3.05, 3.63) is 52.0 Å². The molecule has 0 spiro atoms. The smallest absolute Gasteiger partial charge is 0.262 e. The van der Waals surface area contributed by atoms with Crippen molar-refractivity contribution in [3.63, 3.8) is 0 Å². The fraction of sp³-hybridized carbons (Fsp3) is 0.222. The fourth-order valence-corrected chi connectivity index (χ4v) is 2.55. The first-order valence-electron chi connectivity index (χ1n) is 7.27. The van der Waals surface area contributed by atoms with Crippen LogP contribution in [0.25, 0.3) is 0 Å². The molecular formula is C18H18ClNO4. The van der Waals surface area contributed by atoms with Gasteiger partial charge in [0.2, 0.25) is 0 Å². The molecule has 0 radical (unpaired) electrons. The minimum Gasteiger partial charge on any atom is -0.495 e. The predicted molar refractivity (Wildman–Crippen MR) is 93.4 cm³/mol. The monoisotopic (exact) mass is 347 g/mol. The van der Waals surface area contributed by atoms with Gasteiger partial charge in [0.05, 0.1) is 12.8 Å². The van der Waals surface area contributed by atoms with Crippen LogP contribution in [-0.4, -0.2) is 25.9 Å². The van der Waals surface area contributed by atoms with Crippen LogP contribution in [-0.2, 0) is 4.79 Å². The third-order valence-corrected chi connectivity index (χ3v) is 3.64. The molecule has 0 aliphatic rings. The predicted octanol–water partition coefficient (Wildman–Crippen LogP) is 3.80. The zero-order chi connectivity index (χ0) is 17.7. The molecular weight excluding hydrogens is 330 g/mol. The molecule has 0 bridgehead atoms. The Balaban J connectivity index is 2.07. The van der Waals surface area contributed by atoms with Crippen molar-refractivity contribution in [2.75, 3.05) is 19.0 Å². The highest BCUT2D eigenvalue weighted by Crippen LogP contribution is 2.28. The minimum absolute atomic E-state index is 0.169. The third-order valence-electron chi connectivity index (χ3n) is 3.40. The summed E-state index contributed by atoms with van der Waals surface area (Å²) in [6.07, 6.45) is 0.780. The van der Waals surface area contributed by atoms with Gasteiger partial charge >= 0.3 is 0 Å². The van der Waals surface area contributed by atoms with Crippen molar-refractivity contribution in [2.45, 2.75) is 13.8 Å². The van der Waals surface area contributed by atoms with Crippen LogP contribution < -0.4 is 14.8 Å². The number of hydrogen-bond acceptors (Lipinski definition) is 4. The number of carbonyl (C=O) groups is 2. The average Bonchev–Trinajstić information content (AvgIpc) is 2.54. The van der Waals surface area contributed by atoms with Crippen LogP contribution in [0.2, 0.25) is 5.02 Å². The Bertz CT molecular complexity index is 751. The molecule has 1 N–H and O–H groups in total. The van der Waals surface area contributed by atoms with Gasteiger partial charge in [-0.05, 0) is 55.3 Å². The second-order valence-corrected chi connectivity index (χ2v) is 5.72. The van der Waals surface area contributed by atoms with E-state index in [2.05, 4.69) is 5.32 Å². The lowest BCUT2D eigenvalue weighted by molar-refractivity contribution is -0.118. The Morgan fingerprint density at radius 1 is 1.21 bits per heavy atom. The second-order valence-electron chi connectivity index (χ2n) is 5.28. The fourth-order valence-electron chi connectivity index (χ4n) is 2.38. The molecule has 6 heteroatoms. The maximum atomic E-state index is 12.1. The quantitative estimate of drug-likeness (QED) is 0.807. The normalized spacial score (nSPS) is 10.2. The van der Waals surface area contributed by atoms with E-state index < -0.39 is 0 Å². The Kier molecular flexibility index (Phi) is 5.82. The average molecular weight is 348 g/mol. The molecule has 0 aromatic heterocycles. The van der Waals surface area contributed by atoms with Gasteiger partial charge in [0.1, 0.15) is 17.8 Å². The van der Waals surface area contributed by atoms with Crippen LogP contribution in [0.5, 0.6) is 11.5 Å². The number of anilines is 1. The van der Waals surface area contributed by atoms with E-state index >= 15 is 0 Å². The molecule has 126 valence electrons. The van der Waals surface area contributed by atoms with E-state index in [0.29, 0.717) is 27.8 Å². The Hall–Kier alpha value is -2.53. The highest BCUT2D eigenvalue weighted by Gasteiger charge is 2.12. The van der Waals surface area contributed by atoms with Gasteiger partial charge in [-0.2, -0.15) is 0 Å². The van der Waals surface area contributed by atoms with Gasteiger partial charge in [-0.25, -0.2) is 0 Å². The number of aldehydes is 1. The van der Waals surface area contributed by atoms with Gasteiger partial charge in [0, 0.05) is 10.6 Å². The number of methoxy groups -OCH3 is 1. The molecule has 0 fully saturated rings. The molecule has 24 heavy (non-hydrogen) atoms. The SMILES string of the molecule is COc1ccc(Cl)cc1NC(=O)COc1c(C)cc(C=O)cc1C. The van der Waals surface area contributed by atoms with Gasteiger partial charge in [-0.15, -0.1) is 0 Å². The summed E-state index contributed by atoms with van der Waals surface area (Å²) in [6, 6.07) is 8.38. The maximum absolute atomic E-state index is 12.1. The summed E-state index contributed by atoms with van der Waals surface area (Å²) in [7, 11) is 1.51. The summed E-state index contributed by atoms with van der Waals surface area (Å²) in [6.45, 7) is 3.48. The summed E-state index contributed by atoms with van der Waals surface area (Å²) >= 11 is 5.93. The Morgan fingerprint density at radius 2 is 1.88 bits per heavy atom. The number of nitrogens with one attached hydrogen (secondary N) is 1. The number of benzene rings is 2. The number of amides is 1. The van der Waals surface area contributed by atoms with E-state index in [4.69, 9.17) is 21.1 Å². The first-order chi connectivity index (χ1) is 11.4. The lowest BCUT2D eigenvalue weighted by Crippen LogP contribution is -2.21. The van der Waals surface area contributed by atoms with Gasteiger partial charge < -0.3 is 14.8 Å². The molecule has 1 amide bonds. The molecule has 5 nitrogen and oxygen atoms in total. The van der Waals surface area contributed by atoms with Gasteiger partial charge in [0.15, 0.2) is 6.61 Å². The summed E-state index contributed by atoms with van der Waals surface area (Å²) in [5.41, 5.74) is 2.64. The van der Waals surface area contributed by atoms with Gasteiger partial charge in [-0.3, -0.25) is 9.59 Å². The maximum Gasteiger partial charge on any atom is 0.262 e. The van der Waals surface area contributed by atoms with Crippen molar-refractivity contribution < 1.29 is 19.1 Å². The molecule has 0 saturated heterocycles. The number of carbonyl (C=O) groups excluding carboxylic acids is 2. The first-order valence-corrected chi connectivity index (χ1v) is 7.65. The van der Waals surface area contributed by atoms with Crippen molar-refractivity contribution >= 4 is 29.5 Å². The summed E-state index contributed by atoms with van der Waals surface area (Å²) in [5, 5.41) is 3.19. The molecule has 2 aromatic carbocycles. The van der Waals surface area contributed by atoms with E-state index in [1.165, 1.54) is 7.11 Å². The molecule has 0 heterocycles. The number of ether oxygens (including phenoxy) is 2. The van der Waals surface area contributed by atoms with Crippen LogP contribution >= 0.6 is 11.6 Å². The van der Waals surface area contributed by atoms with Crippen LogP contribution in [0.1, 0.15) is 21.5 Å². The first kappa shape index (κ1) is 17.8. The van der Waals surface area contributed by atoms with Crippen LogP contribution in [0.15, 0.2) is 30.3 Å². The van der Waals surface area contributed by atoms with Crippen molar-refractivity contribution in [3.8, 4) is 11.5 Å². The summed E-state index contributed by atoms with van der Waals surface area (Å²) in [4.78, 5) is 23.0. The van der Waals surface area contributed by atoms with Crippen molar-refractivity contribution in [1.29, 1.82) is 0 Å². The number of hydrogen-bond donors (Lipinski definition) is 1. The zero-order valence-corrected chi connectivity index (χ0v) is 14.4. The van der Waals surface area contributed by atoms with Gasteiger partial charge in [-0.1, -0.05) is 11.6 Å². The highest BCUT2D eigenvalue weighted by molar-refractivity contribution is 6.31. The summed E-state index contributed by atoms with van der Waals surface area (Å²) < 4.78 is 10.8. The second kappa shape index (κ2) is 7.84. The lowest BCUT2D eigenvalue weighted by Gasteiger charge is -2.14. The van der Waals surface area contributed by atoms with Crippen LogP contribution in [0.4, 0.5) is 5.69 Å². The highest BCUT2D eigenvalue weighted by atomic mass is 35.5. The Morgan fingerprint density at radius 3 is 2.46 bits per heavy atom. The molecule has 0 unspecified atom stereocenters. The minimum atomic E-state index is -0.339. The standard InChI is InChI=1S/C18H18ClNO4/c1-11-6-13(9-21)7-12(2)18(11)24-10-17(22)20-15-8-14(19)4-5-16(15)23-3/h4-9H,10H2,1-3H3,(H,20,22). The molecule has 2 aromatic rings. The Labute approximate surface area is 145 Å². The van der Waals surface area contributed by atoms with E-state index in [9.17, 15) is 9.59 Å². The summed E-state index contributed by atoms with van der Waals surface area (Å²) in [5.74, 6) is 0.762. The third kappa shape index (κ3) is 4.26. The van der Waals surface area contributed by atoms with Crippen LogP contribution in [0.3, 0.4) is 0 Å². The lowest BCUT2D eigenvalue weighted by atomic mass is 10.1. The number of aryl methyl sites for hydroxylation is 2. The van der Waals surface area contributed by atoms with E-state index in [1.54, 1.807) is 30.3 Å². The van der Waals surface area contributed by atoms with Crippen LogP contribution in [0, 0.1) is 13.8 Å². The van der Waals surface area contributed by atoms with Crippen molar-refractivity contribution in [1.82, 2.24) is 0 Å². The van der Waals surface area contributed by atoms with E-state index in [1.807, 2.05) is 13.8 Å². The molecule has 0 saturated carbocycles. The van der Waals surface area contributed by atoms with E-state index in [-0.39, 0.29) is 12.5 Å². The number of halogens is 1. The molecule has 0 aliphatic carbocycles. The molecule has 0 aliphatic heterocycles. The molecule has 2 rings (SSSR count). The zero-order valence-electron chi connectivity index (χ0n) is 13.7. The topological polar surface area (TPSA) is 64.6 Å². The van der Waals surface area contributed by atoms with Crippen molar-refractivity contribution in [2.24, 2.45) is 0 Å². The largest absolute Gasteiger partial charge is 0.495 e.